The summed E-state index contributed by atoms with van der Waals surface area (Å²) in [6.45, 7) is 3.79. The van der Waals surface area contributed by atoms with Gasteiger partial charge in [0, 0.05) is 11.6 Å². The topological polar surface area (TPSA) is 20.0 Å². The first kappa shape index (κ1) is 12.0. The average molecular weight is 240 g/mol. The number of piperazine rings is 1. The molecule has 1 N–H and O–H groups in total. The van der Waals surface area contributed by atoms with Gasteiger partial charge in [0.1, 0.15) is 11.6 Å². The highest BCUT2D eigenvalue weighted by Crippen LogP contribution is 2.07. The van der Waals surface area contributed by atoms with Crippen LogP contribution in [0.2, 0.25) is 0 Å². The van der Waals surface area contributed by atoms with Gasteiger partial charge >= 0.3 is 0 Å². The molecule has 0 aliphatic carbocycles. The molecule has 5 heteroatoms. The van der Waals surface area contributed by atoms with Crippen molar-refractivity contribution in [2.24, 2.45) is 5.10 Å². The second kappa shape index (κ2) is 5.23. The SMILES string of the molecule is C[NH+]1CCN(/N=C\c2ccc(F)cc2F)CC1. The number of benzene rings is 1. The maximum Gasteiger partial charge on any atom is 0.134 e. The van der Waals surface area contributed by atoms with Crippen molar-refractivity contribution in [3.05, 3.63) is 35.4 Å². The van der Waals surface area contributed by atoms with E-state index in [2.05, 4.69) is 12.1 Å². The van der Waals surface area contributed by atoms with Crippen LogP contribution >= 0.6 is 0 Å². The lowest BCUT2D eigenvalue weighted by atomic mass is 10.2. The molecule has 1 heterocycles. The van der Waals surface area contributed by atoms with Crippen LogP contribution < -0.4 is 4.90 Å². The molecule has 92 valence electrons. The number of halogens is 2. The number of hydrogen-bond donors (Lipinski definition) is 1. The van der Waals surface area contributed by atoms with E-state index in [1.54, 1.807) is 0 Å². The maximum absolute atomic E-state index is 13.3. The predicted molar refractivity (Wildman–Crippen MR) is 62.1 cm³/mol. The van der Waals surface area contributed by atoms with E-state index >= 15 is 0 Å². The van der Waals surface area contributed by atoms with Gasteiger partial charge in [0.15, 0.2) is 0 Å². The van der Waals surface area contributed by atoms with E-state index < -0.39 is 11.6 Å². The van der Waals surface area contributed by atoms with Crippen LogP contribution in [-0.4, -0.2) is 44.5 Å². The lowest BCUT2D eigenvalue weighted by molar-refractivity contribution is -0.884. The van der Waals surface area contributed by atoms with E-state index in [1.165, 1.54) is 23.2 Å². The summed E-state index contributed by atoms with van der Waals surface area (Å²) in [4.78, 5) is 1.48. The minimum Gasteiger partial charge on any atom is -0.334 e. The van der Waals surface area contributed by atoms with E-state index in [9.17, 15) is 8.78 Å². The Kier molecular flexibility index (Phi) is 3.68. The van der Waals surface area contributed by atoms with E-state index in [4.69, 9.17) is 0 Å². The van der Waals surface area contributed by atoms with Crippen molar-refractivity contribution in [2.75, 3.05) is 33.2 Å². The molecule has 0 atom stereocenters. The van der Waals surface area contributed by atoms with Crippen molar-refractivity contribution in [3.8, 4) is 0 Å². The van der Waals surface area contributed by atoms with E-state index in [1.807, 2.05) is 5.01 Å². The number of nitrogens with zero attached hydrogens (tertiary/aromatic N) is 2. The molecule has 0 aromatic heterocycles. The van der Waals surface area contributed by atoms with Gasteiger partial charge in [0.05, 0.1) is 39.4 Å². The van der Waals surface area contributed by atoms with Gasteiger partial charge in [-0.25, -0.2) is 8.78 Å². The molecule has 2 rings (SSSR count). The quantitative estimate of drug-likeness (QED) is 0.728. The summed E-state index contributed by atoms with van der Waals surface area (Å²) >= 11 is 0. The Morgan fingerprint density at radius 2 is 2.00 bits per heavy atom. The minimum atomic E-state index is -0.575. The van der Waals surface area contributed by atoms with E-state index in [-0.39, 0.29) is 0 Å². The second-order valence-electron chi connectivity index (χ2n) is 4.32. The summed E-state index contributed by atoms with van der Waals surface area (Å²) in [6.07, 6.45) is 1.45. The fourth-order valence-corrected chi connectivity index (χ4v) is 1.74. The van der Waals surface area contributed by atoms with Crippen molar-refractivity contribution in [3.63, 3.8) is 0 Å². The van der Waals surface area contributed by atoms with Crippen LogP contribution in [0, 0.1) is 11.6 Å². The first-order chi connectivity index (χ1) is 8.15. The molecule has 0 spiro atoms. The standard InChI is InChI=1S/C12H15F2N3/c1-16-4-6-17(7-5-16)15-9-10-2-3-11(13)8-12(10)14/h2-3,8-9H,4-7H2,1H3/p+1/b15-9-. The Balaban J connectivity index is 2.00. The number of likely N-dealkylation sites (N-methyl/N-ethyl adjacent to an activating group) is 1. The molecule has 0 unspecified atom stereocenters. The lowest BCUT2D eigenvalue weighted by Crippen LogP contribution is -3.11. The van der Waals surface area contributed by atoms with Gasteiger partial charge < -0.3 is 4.90 Å². The van der Waals surface area contributed by atoms with Crippen molar-refractivity contribution in [1.29, 1.82) is 0 Å². The smallest absolute Gasteiger partial charge is 0.134 e. The fourth-order valence-electron chi connectivity index (χ4n) is 1.74. The van der Waals surface area contributed by atoms with E-state index in [0.717, 1.165) is 32.2 Å². The zero-order valence-corrected chi connectivity index (χ0v) is 9.79. The Morgan fingerprint density at radius 3 is 2.65 bits per heavy atom. The van der Waals surface area contributed by atoms with Crippen LogP contribution in [0.15, 0.2) is 23.3 Å². The van der Waals surface area contributed by atoms with Gasteiger partial charge in [0.25, 0.3) is 0 Å². The van der Waals surface area contributed by atoms with Crippen molar-refractivity contribution >= 4 is 6.21 Å². The summed E-state index contributed by atoms with van der Waals surface area (Å²) in [6, 6.07) is 3.50. The van der Waals surface area contributed by atoms with Crippen molar-refractivity contribution in [1.82, 2.24) is 5.01 Å². The lowest BCUT2D eigenvalue weighted by Gasteiger charge is -2.27. The largest absolute Gasteiger partial charge is 0.334 e. The van der Waals surface area contributed by atoms with Crippen LogP contribution in [0.3, 0.4) is 0 Å². The molecule has 1 aliphatic rings. The van der Waals surface area contributed by atoms with Crippen LogP contribution in [-0.2, 0) is 0 Å². The Bertz CT molecular complexity index is 412. The highest BCUT2D eigenvalue weighted by atomic mass is 19.1. The molecule has 1 fully saturated rings. The first-order valence-corrected chi connectivity index (χ1v) is 5.70. The molecule has 0 amide bonds. The van der Waals surface area contributed by atoms with Crippen molar-refractivity contribution < 1.29 is 13.7 Å². The third-order valence-electron chi connectivity index (χ3n) is 2.92. The Morgan fingerprint density at radius 1 is 1.29 bits per heavy atom. The van der Waals surface area contributed by atoms with Crippen LogP contribution in [0.1, 0.15) is 5.56 Å². The maximum atomic E-state index is 13.3. The average Bonchev–Trinajstić information content (AvgIpc) is 2.30. The number of hydrazone groups is 1. The van der Waals surface area contributed by atoms with Crippen molar-refractivity contribution in [2.45, 2.75) is 0 Å². The number of rotatable bonds is 2. The molecule has 17 heavy (non-hydrogen) atoms. The molecule has 1 saturated heterocycles. The summed E-state index contributed by atoms with van der Waals surface area (Å²) in [5, 5.41) is 6.12. The molecule has 0 saturated carbocycles. The summed E-state index contributed by atoms with van der Waals surface area (Å²) in [7, 11) is 2.14. The monoisotopic (exact) mass is 240 g/mol. The van der Waals surface area contributed by atoms with Crippen LogP contribution in [0.4, 0.5) is 8.78 Å². The van der Waals surface area contributed by atoms with Gasteiger partial charge in [-0.15, -0.1) is 0 Å². The number of quaternary nitrogens is 1. The van der Waals surface area contributed by atoms with Gasteiger partial charge in [0.2, 0.25) is 0 Å². The highest BCUT2D eigenvalue weighted by molar-refractivity contribution is 5.79. The zero-order valence-electron chi connectivity index (χ0n) is 9.79. The fraction of sp³-hybridized carbons (Fsp3) is 0.417. The number of hydrogen-bond acceptors (Lipinski definition) is 2. The first-order valence-electron chi connectivity index (χ1n) is 5.70. The molecule has 1 aromatic rings. The second-order valence-corrected chi connectivity index (χ2v) is 4.32. The van der Waals surface area contributed by atoms with Gasteiger partial charge in [-0.2, -0.15) is 5.10 Å². The third kappa shape index (κ3) is 3.23. The van der Waals surface area contributed by atoms with Crippen LogP contribution in [0.5, 0.6) is 0 Å². The predicted octanol–water partition coefficient (Wildman–Crippen LogP) is 0.129. The van der Waals surface area contributed by atoms with Gasteiger partial charge in [-0.1, -0.05) is 0 Å². The molecular weight excluding hydrogens is 224 g/mol. The Hall–Kier alpha value is -1.49. The molecule has 0 radical (unpaired) electrons. The molecular formula is C12H16F2N3+. The number of nitrogens with one attached hydrogen (secondary N) is 1. The van der Waals surface area contributed by atoms with E-state index in [0.29, 0.717) is 5.56 Å². The summed E-state index contributed by atoms with van der Waals surface area (Å²) in [5.41, 5.74) is 0.317. The van der Waals surface area contributed by atoms with Gasteiger partial charge in [-0.05, 0) is 12.1 Å². The molecule has 3 nitrogen and oxygen atoms in total. The highest BCUT2D eigenvalue weighted by Gasteiger charge is 2.14. The minimum absolute atomic E-state index is 0.317. The zero-order chi connectivity index (χ0) is 12.3. The third-order valence-corrected chi connectivity index (χ3v) is 2.92. The van der Waals surface area contributed by atoms with Crippen LogP contribution in [0.25, 0.3) is 0 Å². The Labute approximate surface area is 99.3 Å². The summed E-state index contributed by atoms with van der Waals surface area (Å²) in [5.74, 6) is -1.14. The summed E-state index contributed by atoms with van der Waals surface area (Å²) < 4.78 is 26.0. The molecule has 0 bridgehead atoms. The molecule has 1 aromatic carbocycles. The molecule has 1 aliphatic heterocycles. The van der Waals surface area contributed by atoms with Gasteiger partial charge in [-0.3, -0.25) is 5.01 Å². The normalized spacial score (nSPS) is 17.9.